The van der Waals surface area contributed by atoms with Crippen molar-refractivity contribution in [2.45, 2.75) is 19.4 Å². The topological polar surface area (TPSA) is 75.1 Å². The van der Waals surface area contributed by atoms with Crippen molar-refractivity contribution in [2.24, 2.45) is 5.41 Å². The van der Waals surface area contributed by atoms with Crippen LogP contribution in [0.1, 0.15) is 18.5 Å². The monoisotopic (exact) mass is 344 g/mol. The van der Waals surface area contributed by atoms with E-state index in [1.54, 1.807) is 35.8 Å². The van der Waals surface area contributed by atoms with Gasteiger partial charge in [-0.05, 0) is 25.5 Å². The number of carbonyl (C=O) groups is 1. The van der Waals surface area contributed by atoms with Gasteiger partial charge in [-0.1, -0.05) is 11.6 Å². The first kappa shape index (κ1) is 15.4. The number of hydrogen-bond donors (Lipinski definition) is 0. The zero-order valence-electron chi connectivity index (χ0n) is 13.1. The number of carbonyl (C=O) groups excluding carboxylic acids is 1. The van der Waals surface area contributed by atoms with Gasteiger partial charge in [0.25, 0.3) is 0 Å². The quantitative estimate of drug-likeness (QED) is 0.786. The molecule has 7 nitrogen and oxygen atoms in total. The van der Waals surface area contributed by atoms with Gasteiger partial charge in [0.1, 0.15) is 5.15 Å². The first-order chi connectivity index (χ1) is 11.7. The molecule has 2 aliphatic rings. The van der Waals surface area contributed by atoms with E-state index in [9.17, 15) is 4.79 Å². The Morgan fingerprint density at radius 2 is 1.96 bits per heavy atom. The van der Waals surface area contributed by atoms with Crippen molar-refractivity contribution < 1.29 is 4.79 Å². The molecule has 0 N–H and O–H groups in total. The number of piperidine rings is 1. The summed E-state index contributed by atoms with van der Waals surface area (Å²) in [5.74, 6) is 0.620. The molecule has 0 aliphatic carbocycles. The standard InChI is InChI=1S/C16H17ClN6O/c17-13-8-20-12(7-21-13)9-22-6-1-3-16(10-22)11-23(14(16)24)15-18-4-2-5-19-15/h2,4-5,7-8H,1,3,6,9-11H2/t16-/m0/s1. The Morgan fingerprint density at radius 1 is 1.12 bits per heavy atom. The molecule has 24 heavy (non-hydrogen) atoms. The Morgan fingerprint density at radius 3 is 2.67 bits per heavy atom. The minimum absolute atomic E-state index is 0.126. The average molecular weight is 345 g/mol. The summed E-state index contributed by atoms with van der Waals surface area (Å²) >= 11 is 5.78. The summed E-state index contributed by atoms with van der Waals surface area (Å²) in [5.41, 5.74) is 0.559. The fourth-order valence-electron chi connectivity index (χ4n) is 3.54. The van der Waals surface area contributed by atoms with E-state index in [1.165, 1.54) is 0 Å². The molecule has 1 amide bonds. The summed E-state index contributed by atoms with van der Waals surface area (Å²) in [6, 6.07) is 1.75. The van der Waals surface area contributed by atoms with Gasteiger partial charge in [0.15, 0.2) is 0 Å². The zero-order valence-corrected chi connectivity index (χ0v) is 13.9. The normalized spacial score (nSPS) is 24.2. The molecular formula is C16H17ClN6O. The van der Waals surface area contributed by atoms with Crippen LogP contribution in [0.15, 0.2) is 30.9 Å². The smallest absolute Gasteiger partial charge is 0.238 e. The molecule has 2 aromatic heterocycles. The SMILES string of the molecule is O=C1N(c2ncccn2)C[C@@]12CCCN(Cc1cnc(Cl)cn1)C2. The molecule has 0 unspecified atom stereocenters. The van der Waals surface area contributed by atoms with Crippen LogP contribution in [0.25, 0.3) is 0 Å². The molecule has 8 heteroatoms. The van der Waals surface area contributed by atoms with Crippen molar-refractivity contribution in [3.05, 3.63) is 41.7 Å². The predicted molar refractivity (Wildman–Crippen MR) is 88.4 cm³/mol. The fourth-order valence-corrected chi connectivity index (χ4v) is 3.64. The van der Waals surface area contributed by atoms with Gasteiger partial charge in [0.05, 0.1) is 23.5 Å². The molecule has 0 saturated carbocycles. The number of β-lactam (4-membered cyclic amide) rings is 1. The maximum atomic E-state index is 12.8. The molecule has 2 aliphatic heterocycles. The Kier molecular flexibility index (Phi) is 3.90. The second-order valence-corrected chi connectivity index (χ2v) is 6.75. The molecule has 2 fully saturated rings. The lowest BCUT2D eigenvalue weighted by Crippen LogP contribution is -2.67. The number of amides is 1. The second kappa shape index (κ2) is 6.07. The van der Waals surface area contributed by atoms with Gasteiger partial charge in [-0.3, -0.25) is 19.6 Å². The van der Waals surface area contributed by atoms with E-state index in [1.807, 2.05) is 0 Å². The van der Waals surface area contributed by atoms with E-state index in [4.69, 9.17) is 11.6 Å². The number of aromatic nitrogens is 4. The number of nitrogens with zero attached hydrogens (tertiary/aromatic N) is 6. The van der Waals surface area contributed by atoms with Crippen molar-refractivity contribution in [1.82, 2.24) is 24.8 Å². The van der Waals surface area contributed by atoms with Crippen LogP contribution < -0.4 is 4.90 Å². The highest BCUT2D eigenvalue weighted by Crippen LogP contribution is 2.41. The predicted octanol–water partition coefficient (Wildman–Crippen LogP) is 1.55. The van der Waals surface area contributed by atoms with Crippen molar-refractivity contribution >= 4 is 23.5 Å². The van der Waals surface area contributed by atoms with Crippen LogP contribution >= 0.6 is 11.6 Å². The Labute approximate surface area is 144 Å². The van der Waals surface area contributed by atoms with E-state index in [2.05, 4.69) is 24.8 Å². The third-order valence-corrected chi connectivity index (χ3v) is 4.86. The summed E-state index contributed by atoms with van der Waals surface area (Å²) in [7, 11) is 0. The number of halogens is 1. The van der Waals surface area contributed by atoms with Gasteiger partial charge < -0.3 is 0 Å². The highest BCUT2D eigenvalue weighted by Gasteiger charge is 2.55. The highest BCUT2D eigenvalue weighted by molar-refractivity contribution is 6.29. The van der Waals surface area contributed by atoms with Crippen LogP contribution in [0.2, 0.25) is 5.15 Å². The summed E-state index contributed by atoms with van der Waals surface area (Å²) < 4.78 is 0. The van der Waals surface area contributed by atoms with E-state index in [-0.39, 0.29) is 11.3 Å². The first-order valence-electron chi connectivity index (χ1n) is 7.94. The molecule has 1 atom stereocenters. The van der Waals surface area contributed by atoms with Crippen LogP contribution in [-0.4, -0.2) is 50.4 Å². The minimum Gasteiger partial charge on any atom is -0.296 e. The number of hydrogen-bond acceptors (Lipinski definition) is 6. The van der Waals surface area contributed by atoms with E-state index in [0.29, 0.717) is 24.2 Å². The maximum Gasteiger partial charge on any atom is 0.238 e. The van der Waals surface area contributed by atoms with Gasteiger partial charge in [0, 0.05) is 32.0 Å². The molecule has 1 spiro atoms. The molecule has 2 aromatic rings. The van der Waals surface area contributed by atoms with Crippen LogP contribution in [-0.2, 0) is 11.3 Å². The van der Waals surface area contributed by atoms with Crippen LogP contribution in [0.4, 0.5) is 5.95 Å². The van der Waals surface area contributed by atoms with Crippen LogP contribution in [0.3, 0.4) is 0 Å². The third kappa shape index (κ3) is 2.74. The first-order valence-corrected chi connectivity index (χ1v) is 8.32. The lowest BCUT2D eigenvalue weighted by Gasteiger charge is -2.52. The molecule has 4 rings (SSSR count). The van der Waals surface area contributed by atoms with Gasteiger partial charge in [-0.25, -0.2) is 15.0 Å². The summed E-state index contributed by atoms with van der Waals surface area (Å²) in [6.07, 6.45) is 8.48. The molecule has 0 aromatic carbocycles. The lowest BCUT2D eigenvalue weighted by atomic mass is 9.72. The summed E-state index contributed by atoms with van der Waals surface area (Å²) in [5, 5.41) is 0.390. The zero-order chi connectivity index (χ0) is 16.6. The van der Waals surface area contributed by atoms with Crippen LogP contribution in [0, 0.1) is 5.41 Å². The van der Waals surface area contributed by atoms with E-state index in [0.717, 1.165) is 31.6 Å². The maximum absolute atomic E-state index is 12.8. The van der Waals surface area contributed by atoms with Gasteiger partial charge in [-0.2, -0.15) is 0 Å². The van der Waals surface area contributed by atoms with Crippen molar-refractivity contribution in [2.75, 3.05) is 24.5 Å². The molecule has 124 valence electrons. The fraction of sp³-hybridized carbons (Fsp3) is 0.438. The number of rotatable bonds is 3. The van der Waals surface area contributed by atoms with Crippen molar-refractivity contribution in [3.8, 4) is 0 Å². The number of anilines is 1. The summed E-state index contributed by atoms with van der Waals surface area (Å²) in [6.45, 7) is 3.06. The Balaban J connectivity index is 1.44. The Bertz CT molecular complexity index is 740. The molecule has 0 bridgehead atoms. The van der Waals surface area contributed by atoms with Gasteiger partial charge in [0.2, 0.25) is 11.9 Å². The van der Waals surface area contributed by atoms with Crippen molar-refractivity contribution in [3.63, 3.8) is 0 Å². The molecule has 2 saturated heterocycles. The molecule has 4 heterocycles. The Hall–Kier alpha value is -2.12. The molecule has 0 radical (unpaired) electrons. The van der Waals surface area contributed by atoms with E-state index >= 15 is 0 Å². The van der Waals surface area contributed by atoms with Gasteiger partial charge in [-0.15, -0.1) is 0 Å². The summed E-state index contributed by atoms with van der Waals surface area (Å²) in [4.78, 5) is 33.4. The highest BCUT2D eigenvalue weighted by atomic mass is 35.5. The minimum atomic E-state index is -0.308. The number of likely N-dealkylation sites (tertiary alicyclic amines) is 1. The molecular weight excluding hydrogens is 328 g/mol. The largest absolute Gasteiger partial charge is 0.296 e. The van der Waals surface area contributed by atoms with Crippen LogP contribution in [0.5, 0.6) is 0 Å². The van der Waals surface area contributed by atoms with E-state index < -0.39 is 0 Å². The lowest BCUT2D eigenvalue weighted by molar-refractivity contribution is -0.139. The van der Waals surface area contributed by atoms with Crippen molar-refractivity contribution in [1.29, 1.82) is 0 Å². The average Bonchev–Trinajstić information content (AvgIpc) is 2.62. The third-order valence-electron chi connectivity index (χ3n) is 4.67. The van der Waals surface area contributed by atoms with Gasteiger partial charge >= 0.3 is 0 Å². The second-order valence-electron chi connectivity index (χ2n) is 6.37.